The van der Waals surface area contributed by atoms with Crippen molar-refractivity contribution in [3.63, 3.8) is 0 Å². The van der Waals surface area contributed by atoms with Gasteiger partial charge in [-0.1, -0.05) is 63.2 Å². The lowest BCUT2D eigenvalue weighted by molar-refractivity contribution is 0.0697. The third-order valence-electron chi connectivity index (χ3n) is 4.02. The van der Waals surface area contributed by atoms with Crippen LogP contribution in [-0.4, -0.2) is 11.1 Å². The van der Waals surface area contributed by atoms with Crippen LogP contribution in [0, 0.1) is 0 Å². The molecule has 0 aliphatic carbocycles. The van der Waals surface area contributed by atoms with Gasteiger partial charge in [0.05, 0.1) is 5.56 Å². The first-order valence-electron chi connectivity index (χ1n) is 6.89. The molecule has 0 atom stereocenters. The molecular formula is C18H20O2. The standard InChI is InChI=1S/C18H20O2/c1-4-18(2,3)14-11-9-13(10-12-14)15-7-5-6-8-16(15)17(19)20/h5-12H,4H2,1-3H3,(H,19,20). The smallest absolute Gasteiger partial charge is 0.336 e. The molecule has 20 heavy (non-hydrogen) atoms. The van der Waals surface area contributed by atoms with Gasteiger partial charge in [-0.25, -0.2) is 4.79 Å². The minimum Gasteiger partial charge on any atom is -0.478 e. The Bertz CT molecular complexity index is 610. The van der Waals surface area contributed by atoms with Gasteiger partial charge >= 0.3 is 5.97 Å². The van der Waals surface area contributed by atoms with E-state index < -0.39 is 5.97 Å². The summed E-state index contributed by atoms with van der Waals surface area (Å²) in [5.41, 5.74) is 3.47. The van der Waals surface area contributed by atoms with E-state index in [0.29, 0.717) is 5.56 Å². The largest absolute Gasteiger partial charge is 0.478 e. The van der Waals surface area contributed by atoms with Gasteiger partial charge in [0.1, 0.15) is 0 Å². The highest BCUT2D eigenvalue weighted by Gasteiger charge is 2.18. The van der Waals surface area contributed by atoms with Gasteiger partial charge in [-0.3, -0.25) is 0 Å². The summed E-state index contributed by atoms with van der Waals surface area (Å²) in [6, 6.07) is 15.3. The molecule has 2 nitrogen and oxygen atoms in total. The number of hydrogen-bond acceptors (Lipinski definition) is 1. The van der Waals surface area contributed by atoms with Crippen LogP contribution < -0.4 is 0 Å². The first kappa shape index (κ1) is 14.3. The SMILES string of the molecule is CCC(C)(C)c1ccc(-c2ccccc2C(=O)O)cc1. The molecule has 0 saturated heterocycles. The van der Waals surface area contributed by atoms with E-state index in [0.717, 1.165) is 17.5 Å². The second kappa shape index (κ2) is 5.49. The van der Waals surface area contributed by atoms with E-state index in [-0.39, 0.29) is 5.41 Å². The number of benzene rings is 2. The van der Waals surface area contributed by atoms with E-state index in [2.05, 4.69) is 32.9 Å². The van der Waals surface area contributed by atoms with E-state index in [9.17, 15) is 9.90 Å². The average molecular weight is 268 g/mol. The molecule has 0 aromatic heterocycles. The monoisotopic (exact) mass is 268 g/mol. The van der Waals surface area contributed by atoms with E-state index in [1.54, 1.807) is 12.1 Å². The van der Waals surface area contributed by atoms with Crippen molar-refractivity contribution >= 4 is 5.97 Å². The number of carboxylic acids is 1. The van der Waals surface area contributed by atoms with Crippen molar-refractivity contribution < 1.29 is 9.90 Å². The van der Waals surface area contributed by atoms with Gasteiger partial charge in [-0.15, -0.1) is 0 Å². The number of rotatable bonds is 4. The van der Waals surface area contributed by atoms with E-state index in [1.165, 1.54) is 5.56 Å². The lowest BCUT2D eigenvalue weighted by Crippen LogP contribution is -2.15. The van der Waals surface area contributed by atoms with Gasteiger partial charge in [0.25, 0.3) is 0 Å². The quantitative estimate of drug-likeness (QED) is 0.869. The maximum Gasteiger partial charge on any atom is 0.336 e. The van der Waals surface area contributed by atoms with Crippen LogP contribution in [-0.2, 0) is 5.41 Å². The molecule has 0 unspecified atom stereocenters. The predicted octanol–water partition coefficient (Wildman–Crippen LogP) is 4.74. The molecule has 2 rings (SSSR count). The van der Waals surface area contributed by atoms with E-state index in [4.69, 9.17) is 0 Å². The van der Waals surface area contributed by atoms with Gasteiger partial charge in [0.2, 0.25) is 0 Å². The molecule has 2 aromatic rings. The zero-order chi connectivity index (χ0) is 14.8. The first-order chi connectivity index (χ1) is 9.45. The minimum absolute atomic E-state index is 0.144. The third-order valence-corrected chi connectivity index (χ3v) is 4.02. The molecule has 0 heterocycles. The summed E-state index contributed by atoms with van der Waals surface area (Å²) >= 11 is 0. The van der Waals surface area contributed by atoms with Gasteiger partial charge in [0.15, 0.2) is 0 Å². The summed E-state index contributed by atoms with van der Waals surface area (Å²) in [5.74, 6) is -0.890. The Morgan fingerprint density at radius 3 is 2.20 bits per heavy atom. The van der Waals surface area contributed by atoms with Crippen molar-refractivity contribution in [3.05, 3.63) is 59.7 Å². The maximum atomic E-state index is 11.3. The van der Waals surface area contributed by atoms with Crippen LogP contribution in [0.15, 0.2) is 48.5 Å². The van der Waals surface area contributed by atoms with E-state index >= 15 is 0 Å². The highest BCUT2D eigenvalue weighted by Crippen LogP contribution is 2.30. The molecule has 0 saturated carbocycles. The molecule has 2 aromatic carbocycles. The van der Waals surface area contributed by atoms with Gasteiger partial charge in [-0.05, 0) is 34.6 Å². The molecule has 0 radical (unpaired) electrons. The Kier molecular flexibility index (Phi) is 3.93. The zero-order valence-corrected chi connectivity index (χ0v) is 12.2. The van der Waals surface area contributed by atoms with Gasteiger partial charge in [-0.2, -0.15) is 0 Å². The number of hydrogen-bond donors (Lipinski definition) is 1. The lowest BCUT2D eigenvalue weighted by Gasteiger charge is -2.23. The normalized spacial score (nSPS) is 11.3. The highest BCUT2D eigenvalue weighted by atomic mass is 16.4. The topological polar surface area (TPSA) is 37.3 Å². The minimum atomic E-state index is -0.890. The molecular weight excluding hydrogens is 248 g/mol. The lowest BCUT2D eigenvalue weighted by atomic mass is 9.81. The van der Waals surface area contributed by atoms with Gasteiger partial charge < -0.3 is 5.11 Å². The Morgan fingerprint density at radius 1 is 1.05 bits per heavy atom. The Hall–Kier alpha value is -2.09. The second-order valence-corrected chi connectivity index (χ2v) is 5.67. The molecule has 1 N–H and O–H groups in total. The van der Waals surface area contributed by atoms with Crippen molar-refractivity contribution in [1.29, 1.82) is 0 Å². The number of aromatic carboxylic acids is 1. The van der Waals surface area contributed by atoms with Crippen molar-refractivity contribution in [3.8, 4) is 11.1 Å². The summed E-state index contributed by atoms with van der Waals surface area (Å²) in [4.78, 5) is 11.3. The Balaban J connectivity index is 2.43. The van der Waals surface area contributed by atoms with Crippen molar-refractivity contribution in [1.82, 2.24) is 0 Å². The molecule has 0 fully saturated rings. The summed E-state index contributed by atoms with van der Waals surface area (Å²) in [6.07, 6.45) is 1.07. The van der Waals surface area contributed by atoms with Crippen LogP contribution >= 0.6 is 0 Å². The zero-order valence-electron chi connectivity index (χ0n) is 12.2. The molecule has 0 aliphatic heterocycles. The Morgan fingerprint density at radius 2 is 1.65 bits per heavy atom. The van der Waals surface area contributed by atoms with Crippen LogP contribution in [0.5, 0.6) is 0 Å². The van der Waals surface area contributed by atoms with Crippen LogP contribution in [0.3, 0.4) is 0 Å². The van der Waals surface area contributed by atoms with Crippen LogP contribution in [0.4, 0.5) is 0 Å². The predicted molar refractivity (Wildman–Crippen MR) is 82.2 cm³/mol. The summed E-state index contributed by atoms with van der Waals surface area (Å²) in [5, 5.41) is 9.25. The Labute approximate surface area is 120 Å². The van der Waals surface area contributed by atoms with Crippen molar-refractivity contribution in [2.45, 2.75) is 32.6 Å². The number of carboxylic acid groups (broad SMARTS) is 1. The third kappa shape index (κ3) is 2.74. The van der Waals surface area contributed by atoms with Crippen LogP contribution in [0.25, 0.3) is 11.1 Å². The molecule has 0 amide bonds. The molecule has 0 aliphatic rings. The molecule has 2 heteroatoms. The summed E-state index contributed by atoms with van der Waals surface area (Å²) in [6.45, 7) is 6.61. The van der Waals surface area contributed by atoms with Crippen LogP contribution in [0.1, 0.15) is 43.1 Å². The molecule has 0 bridgehead atoms. The van der Waals surface area contributed by atoms with Crippen LogP contribution in [0.2, 0.25) is 0 Å². The van der Waals surface area contributed by atoms with Gasteiger partial charge in [0, 0.05) is 0 Å². The fourth-order valence-corrected chi connectivity index (χ4v) is 2.23. The van der Waals surface area contributed by atoms with Crippen molar-refractivity contribution in [2.75, 3.05) is 0 Å². The maximum absolute atomic E-state index is 11.3. The fraction of sp³-hybridized carbons (Fsp3) is 0.278. The average Bonchev–Trinajstić information content (AvgIpc) is 2.47. The summed E-state index contributed by atoms with van der Waals surface area (Å²) in [7, 11) is 0. The fourth-order valence-electron chi connectivity index (χ4n) is 2.23. The van der Waals surface area contributed by atoms with E-state index in [1.807, 2.05) is 24.3 Å². The first-order valence-corrected chi connectivity index (χ1v) is 6.89. The second-order valence-electron chi connectivity index (χ2n) is 5.67. The number of carbonyl (C=O) groups is 1. The molecule has 104 valence electrons. The highest BCUT2D eigenvalue weighted by molar-refractivity contribution is 5.95. The van der Waals surface area contributed by atoms with Crippen molar-refractivity contribution in [2.24, 2.45) is 0 Å². The summed E-state index contributed by atoms with van der Waals surface area (Å²) < 4.78 is 0. The molecule has 0 spiro atoms.